The molecule has 118 valence electrons. The molecule has 0 aliphatic carbocycles. The lowest BCUT2D eigenvalue weighted by atomic mass is 10.1. The van der Waals surface area contributed by atoms with Gasteiger partial charge in [-0.25, -0.2) is 8.42 Å². The molecular formula is C15H23NO4S. The Labute approximate surface area is 126 Å². The zero-order chi connectivity index (χ0) is 15.5. The summed E-state index contributed by atoms with van der Waals surface area (Å²) >= 11 is 0. The van der Waals surface area contributed by atoms with Crippen LogP contribution in [0.3, 0.4) is 0 Å². The van der Waals surface area contributed by atoms with Crippen LogP contribution in [0.4, 0.5) is 0 Å². The molecule has 1 N–H and O–H groups in total. The van der Waals surface area contributed by atoms with Gasteiger partial charge in [0.2, 0.25) is 0 Å². The van der Waals surface area contributed by atoms with Crippen LogP contribution in [0.5, 0.6) is 11.5 Å². The first-order valence-electron chi connectivity index (χ1n) is 7.15. The molecule has 0 spiro atoms. The van der Waals surface area contributed by atoms with Crippen LogP contribution in [0.25, 0.3) is 0 Å². The summed E-state index contributed by atoms with van der Waals surface area (Å²) in [5.41, 5.74) is 0.965. The summed E-state index contributed by atoms with van der Waals surface area (Å²) in [4.78, 5) is 0. The van der Waals surface area contributed by atoms with Crippen molar-refractivity contribution in [3.63, 3.8) is 0 Å². The van der Waals surface area contributed by atoms with Crippen LogP contribution >= 0.6 is 0 Å². The zero-order valence-electron chi connectivity index (χ0n) is 12.8. The maximum absolute atomic E-state index is 11.8. The monoisotopic (exact) mass is 313 g/mol. The number of methoxy groups -OCH3 is 2. The van der Waals surface area contributed by atoms with E-state index in [4.69, 9.17) is 9.47 Å². The lowest BCUT2D eigenvalue weighted by Crippen LogP contribution is -2.32. The average molecular weight is 313 g/mol. The van der Waals surface area contributed by atoms with Crippen LogP contribution in [0, 0.1) is 0 Å². The van der Waals surface area contributed by atoms with Crippen molar-refractivity contribution in [2.24, 2.45) is 0 Å². The summed E-state index contributed by atoms with van der Waals surface area (Å²) in [7, 11) is 0.332. The van der Waals surface area contributed by atoms with Gasteiger partial charge in [0.05, 0.1) is 25.2 Å². The lowest BCUT2D eigenvalue weighted by Gasteiger charge is -2.20. The summed E-state index contributed by atoms with van der Waals surface area (Å²) in [6.45, 7) is 2.47. The Balaban J connectivity index is 2.07. The molecule has 1 aliphatic rings. The molecule has 1 aromatic rings. The summed E-state index contributed by atoms with van der Waals surface area (Å²) in [6, 6.07) is 5.61. The minimum absolute atomic E-state index is 0.00847. The van der Waals surface area contributed by atoms with E-state index >= 15 is 0 Å². The number of hydrogen-bond donors (Lipinski definition) is 1. The summed E-state index contributed by atoms with van der Waals surface area (Å²) in [5, 5.41) is 3.04. The van der Waals surface area contributed by atoms with E-state index in [1.54, 1.807) is 14.2 Å². The molecule has 1 saturated heterocycles. The van der Waals surface area contributed by atoms with Gasteiger partial charge >= 0.3 is 0 Å². The van der Waals surface area contributed by atoms with E-state index in [9.17, 15) is 8.42 Å². The Bertz CT molecular complexity index is 585. The molecule has 2 unspecified atom stereocenters. The second-order valence-corrected chi connectivity index (χ2v) is 7.77. The quantitative estimate of drug-likeness (QED) is 0.869. The van der Waals surface area contributed by atoms with Gasteiger partial charge in [-0.1, -0.05) is 0 Å². The van der Waals surface area contributed by atoms with Gasteiger partial charge in [0.15, 0.2) is 9.84 Å². The van der Waals surface area contributed by atoms with E-state index < -0.39 is 9.84 Å². The first kappa shape index (κ1) is 16.1. The molecule has 6 heteroatoms. The van der Waals surface area contributed by atoms with E-state index in [1.807, 2.05) is 25.1 Å². The predicted octanol–water partition coefficient (Wildman–Crippen LogP) is 1.93. The molecule has 21 heavy (non-hydrogen) atoms. The van der Waals surface area contributed by atoms with Gasteiger partial charge in [-0.3, -0.25) is 0 Å². The third-order valence-corrected chi connectivity index (χ3v) is 6.29. The van der Waals surface area contributed by atoms with Gasteiger partial charge in [-0.15, -0.1) is 0 Å². The largest absolute Gasteiger partial charge is 0.497 e. The number of sulfone groups is 1. The molecule has 0 radical (unpaired) electrons. The highest BCUT2D eigenvalue weighted by Gasteiger charge is 2.31. The number of benzene rings is 1. The highest BCUT2D eigenvalue weighted by atomic mass is 32.2. The minimum atomic E-state index is -2.91. The smallest absolute Gasteiger partial charge is 0.154 e. The maximum Gasteiger partial charge on any atom is 0.154 e. The molecule has 1 fully saturated rings. The lowest BCUT2D eigenvalue weighted by molar-refractivity contribution is 0.391. The first-order valence-corrected chi connectivity index (χ1v) is 8.86. The van der Waals surface area contributed by atoms with E-state index in [0.29, 0.717) is 12.3 Å². The molecule has 1 heterocycles. The van der Waals surface area contributed by atoms with Gasteiger partial charge in [0.1, 0.15) is 11.5 Å². The van der Waals surface area contributed by atoms with Crippen LogP contribution in [0.15, 0.2) is 18.2 Å². The molecule has 1 aromatic carbocycles. The molecule has 1 aliphatic heterocycles. The van der Waals surface area contributed by atoms with Crippen molar-refractivity contribution < 1.29 is 17.9 Å². The van der Waals surface area contributed by atoms with Gasteiger partial charge in [-0.05, 0) is 38.0 Å². The fourth-order valence-corrected chi connectivity index (χ4v) is 4.46. The summed E-state index contributed by atoms with van der Waals surface area (Å²) < 4.78 is 34.3. The Kier molecular flexibility index (Phi) is 5.11. The van der Waals surface area contributed by atoms with Crippen molar-refractivity contribution in [3.05, 3.63) is 23.8 Å². The first-order chi connectivity index (χ1) is 9.97. The minimum Gasteiger partial charge on any atom is -0.497 e. The molecule has 2 rings (SSSR count). The fraction of sp³-hybridized carbons (Fsp3) is 0.600. The highest BCUT2D eigenvalue weighted by molar-refractivity contribution is 7.92. The highest BCUT2D eigenvalue weighted by Crippen LogP contribution is 2.29. The molecular weight excluding hydrogens is 290 g/mol. The van der Waals surface area contributed by atoms with Crippen LogP contribution in [0.1, 0.15) is 31.4 Å². The van der Waals surface area contributed by atoms with Crippen molar-refractivity contribution in [3.8, 4) is 11.5 Å². The average Bonchev–Trinajstić information content (AvgIpc) is 2.82. The molecule has 5 nitrogen and oxygen atoms in total. The third kappa shape index (κ3) is 3.68. The number of rotatable bonds is 6. The van der Waals surface area contributed by atoms with Crippen molar-refractivity contribution in [1.29, 1.82) is 0 Å². The van der Waals surface area contributed by atoms with Crippen LogP contribution in [-0.2, 0) is 9.84 Å². The van der Waals surface area contributed by atoms with Gasteiger partial charge in [0.25, 0.3) is 0 Å². The SMILES string of the molecule is COc1ccc(OC)c(C(C)NCC2CCCS2(=O)=O)c1. The van der Waals surface area contributed by atoms with Crippen molar-refractivity contribution >= 4 is 9.84 Å². The van der Waals surface area contributed by atoms with Crippen molar-refractivity contribution in [2.75, 3.05) is 26.5 Å². The maximum atomic E-state index is 11.8. The fourth-order valence-electron chi connectivity index (χ4n) is 2.68. The van der Waals surface area contributed by atoms with Crippen LogP contribution < -0.4 is 14.8 Å². The van der Waals surface area contributed by atoms with E-state index in [-0.39, 0.29) is 11.3 Å². The Hall–Kier alpha value is -1.27. The van der Waals surface area contributed by atoms with E-state index in [1.165, 1.54) is 0 Å². The third-order valence-electron chi connectivity index (χ3n) is 4.02. The number of ether oxygens (including phenoxy) is 2. The summed E-state index contributed by atoms with van der Waals surface area (Å²) in [6.07, 6.45) is 1.52. The zero-order valence-corrected chi connectivity index (χ0v) is 13.6. The standard InChI is InChI=1S/C15H23NO4S/c1-11(16-10-13-5-4-8-21(13,17)18)14-9-12(19-2)6-7-15(14)20-3/h6-7,9,11,13,16H,4-5,8,10H2,1-3H3. The molecule has 0 amide bonds. The molecule has 2 atom stereocenters. The van der Waals surface area contributed by atoms with E-state index in [2.05, 4.69) is 5.32 Å². The van der Waals surface area contributed by atoms with Crippen molar-refractivity contribution in [2.45, 2.75) is 31.1 Å². The van der Waals surface area contributed by atoms with Gasteiger partial charge in [0, 0.05) is 18.2 Å². The second-order valence-electron chi connectivity index (χ2n) is 5.37. The van der Waals surface area contributed by atoms with Crippen molar-refractivity contribution in [1.82, 2.24) is 5.32 Å². The predicted molar refractivity (Wildman–Crippen MR) is 82.8 cm³/mol. The number of nitrogens with one attached hydrogen (secondary N) is 1. The second kappa shape index (κ2) is 6.66. The molecule has 0 bridgehead atoms. The normalized spacial score (nSPS) is 22.0. The number of hydrogen-bond acceptors (Lipinski definition) is 5. The topological polar surface area (TPSA) is 64.6 Å². The Morgan fingerprint density at radius 3 is 2.67 bits per heavy atom. The van der Waals surface area contributed by atoms with Crippen LogP contribution in [-0.4, -0.2) is 40.2 Å². The molecule has 0 aromatic heterocycles. The van der Waals surface area contributed by atoms with Crippen LogP contribution in [0.2, 0.25) is 0 Å². The van der Waals surface area contributed by atoms with E-state index in [0.717, 1.165) is 29.9 Å². The Morgan fingerprint density at radius 1 is 1.33 bits per heavy atom. The van der Waals surface area contributed by atoms with Gasteiger partial charge < -0.3 is 14.8 Å². The van der Waals surface area contributed by atoms with Gasteiger partial charge in [-0.2, -0.15) is 0 Å². The summed E-state index contributed by atoms with van der Waals surface area (Å²) in [5.74, 6) is 1.84. The Morgan fingerprint density at radius 2 is 2.10 bits per heavy atom. The molecule has 0 saturated carbocycles.